The number of benzene rings is 2. The van der Waals surface area contributed by atoms with Gasteiger partial charge in [-0.25, -0.2) is 4.79 Å². The van der Waals surface area contributed by atoms with E-state index in [2.05, 4.69) is 5.16 Å². The molecule has 1 heterocycles. The highest BCUT2D eigenvalue weighted by Gasteiger charge is 2.27. The van der Waals surface area contributed by atoms with Gasteiger partial charge < -0.3 is 9.57 Å². The number of nitro groups is 1. The zero-order valence-corrected chi connectivity index (χ0v) is 13.3. The van der Waals surface area contributed by atoms with Crippen LogP contribution in [0, 0.1) is 10.1 Å². The highest BCUT2D eigenvalue weighted by atomic mass is 16.7. The Kier molecular flexibility index (Phi) is 4.56. The first-order valence-electron chi connectivity index (χ1n) is 7.58. The van der Waals surface area contributed by atoms with E-state index >= 15 is 0 Å². The molecule has 0 amide bonds. The van der Waals surface area contributed by atoms with Crippen LogP contribution in [0.4, 0.5) is 5.69 Å². The van der Waals surface area contributed by atoms with Gasteiger partial charge in [0.1, 0.15) is 11.5 Å². The van der Waals surface area contributed by atoms with Crippen LogP contribution < -0.4 is 4.74 Å². The molecule has 0 radical (unpaired) electrons. The molecular weight excluding hydrogens is 324 g/mol. The lowest BCUT2D eigenvalue weighted by Crippen LogP contribution is -2.07. The van der Waals surface area contributed by atoms with Crippen molar-refractivity contribution in [1.29, 1.82) is 0 Å². The smallest absolute Gasteiger partial charge is 0.368 e. The van der Waals surface area contributed by atoms with Crippen LogP contribution in [0.3, 0.4) is 0 Å². The molecule has 0 atom stereocenters. The Morgan fingerprint density at radius 2 is 1.92 bits per heavy atom. The minimum atomic E-state index is -0.584. The van der Waals surface area contributed by atoms with Crippen molar-refractivity contribution in [2.24, 2.45) is 5.16 Å². The molecule has 0 N–H and O–H groups in total. The molecule has 7 heteroatoms. The van der Waals surface area contributed by atoms with Gasteiger partial charge >= 0.3 is 5.97 Å². The van der Waals surface area contributed by atoms with Gasteiger partial charge in [0.05, 0.1) is 17.1 Å². The van der Waals surface area contributed by atoms with Gasteiger partial charge in [-0.2, -0.15) is 0 Å². The van der Waals surface area contributed by atoms with Crippen molar-refractivity contribution >= 4 is 23.4 Å². The monoisotopic (exact) mass is 338 g/mol. The molecule has 0 aliphatic carbocycles. The van der Waals surface area contributed by atoms with Crippen LogP contribution in [0.2, 0.25) is 0 Å². The maximum atomic E-state index is 12.1. The predicted octanol–water partition coefficient (Wildman–Crippen LogP) is 3.34. The van der Waals surface area contributed by atoms with Crippen LogP contribution in [-0.2, 0) is 9.63 Å². The average Bonchev–Trinajstić information content (AvgIpc) is 2.98. The number of carbonyl (C=O) groups is 1. The molecule has 0 bridgehead atoms. The number of ether oxygens (including phenoxy) is 1. The number of nitro benzene ring substituents is 1. The molecular formula is C18H14N2O5. The predicted molar refractivity (Wildman–Crippen MR) is 91.3 cm³/mol. The number of nitrogens with zero attached hydrogens (tertiary/aromatic N) is 2. The van der Waals surface area contributed by atoms with Crippen LogP contribution in [0.5, 0.6) is 5.75 Å². The van der Waals surface area contributed by atoms with Crippen LogP contribution >= 0.6 is 0 Å². The number of hydrogen-bond donors (Lipinski definition) is 0. The largest absolute Gasteiger partial charge is 0.493 e. The van der Waals surface area contributed by atoms with Crippen molar-refractivity contribution in [3.05, 3.63) is 75.3 Å². The Labute approximate surface area is 143 Å². The molecule has 0 unspecified atom stereocenters. The van der Waals surface area contributed by atoms with Crippen molar-refractivity contribution in [3.8, 4) is 5.75 Å². The van der Waals surface area contributed by atoms with E-state index in [1.165, 1.54) is 24.3 Å². The van der Waals surface area contributed by atoms with Crippen LogP contribution in [0.1, 0.15) is 18.1 Å². The summed E-state index contributed by atoms with van der Waals surface area (Å²) in [6.07, 6.45) is 1.64. The number of hydrogen-bond acceptors (Lipinski definition) is 6. The second kappa shape index (κ2) is 6.96. The molecule has 7 nitrogen and oxygen atoms in total. The summed E-state index contributed by atoms with van der Waals surface area (Å²) >= 11 is 0. The average molecular weight is 338 g/mol. The first-order chi connectivity index (χ1) is 12.1. The first-order valence-corrected chi connectivity index (χ1v) is 7.58. The number of non-ortho nitro benzene ring substituents is 1. The number of para-hydroxylation sites is 1. The lowest BCUT2D eigenvalue weighted by Gasteiger charge is -2.07. The molecule has 25 heavy (non-hydrogen) atoms. The molecule has 126 valence electrons. The summed E-state index contributed by atoms with van der Waals surface area (Å²) < 4.78 is 5.55. The zero-order valence-electron chi connectivity index (χ0n) is 13.3. The van der Waals surface area contributed by atoms with Gasteiger partial charge in [-0.1, -0.05) is 23.4 Å². The van der Waals surface area contributed by atoms with Crippen molar-refractivity contribution in [2.45, 2.75) is 6.92 Å². The summed E-state index contributed by atoms with van der Waals surface area (Å²) in [5.74, 6) is 0.0555. The second-order valence-corrected chi connectivity index (χ2v) is 5.15. The van der Waals surface area contributed by atoms with E-state index in [9.17, 15) is 14.9 Å². The van der Waals surface area contributed by atoms with E-state index in [1.807, 2.05) is 25.1 Å². The van der Waals surface area contributed by atoms with Gasteiger partial charge in [-0.05, 0) is 31.2 Å². The molecule has 2 aromatic rings. The highest BCUT2D eigenvalue weighted by molar-refractivity contribution is 6.31. The molecule has 1 aliphatic heterocycles. The van der Waals surface area contributed by atoms with E-state index < -0.39 is 10.9 Å². The zero-order chi connectivity index (χ0) is 17.8. The molecule has 1 aliphatic rings. The standard InChI is InChI=1S/C18H14N2O5/c1-2-24-16-6-4-3-5-13(16)11-15-17(19-25-18(15)21)12-7-9-14(10-8-12)20(22)23/h3-11H,2H2,1H3. The normalized spacial score (nSPS) is 15.0. The summed E-state index contributed by atoms with van der Waals surface area (Å²) in [4.78, 5) is 27.1. The van der Waals surface area contributed by atoms with E-state index in [-0.39, 0.29) is 11.3 Å². The minimum absolute atomic E-state index is 0.0400. The van der Waals surface area contributed by atoms with Gasteiger partial charge in [-0.15, -0.1) is 0 Å². The van der Waals surface area contributed by atoms with Gasteiger partial charge in [0.2, 0.25) is 0 Å². The SMILES string of the molecule is CCOc1ccccc1C=C1C(=O)ON=C1c1ccc([N+](=O)[O-])cc1. The fourth-order valence-electron chi connectivity index (χ4n) is 2.40. The molecule has 3 rings (SSSR count). The number of oxime groups is 1. The van der Waals surface area contributed by atoms with E-state index in [4.69, 9.17) is 9.57 Å². The van der Waals surface area contributed by atoms with Gasteiger partial charge in [-0.3, -0.25) is 10.1 Å². The lowest BCUT2D eigenvalue weighted by molar-refractivity contribution is -0.384. The second-order valence-electron chi connectivity index (χ2n) is 5.15. The van der Waals surface area contributed by atoms with Crippen molar-refractivity contribution < 1.29 is 19.3 Å². The maximum Gasteiger partial charge on any atom is 0.368 e. The van der Waals surface area contributed by atoms with Crippen LogP contribution in [0.15, 0.2) is 59.3 Å². The Hall–Kier alpha value is -3.48. The maximum absolute atomic E-state index is 12.1. The Balaban J connectivity index is 1.99. The fourth-order valence-corrected chi connectivity index (χ4v) is 2.40. The van der Waals surface area contributed by atoms with E-state index in [0.29, 0.717) is 29.2 Å². The van der Waals surface area contributed by atoms with Crippen molar-refractivity contribution in [1.82, 2.24) is 0 Å². The molecule has 0 saturated carbocycles. The third kappa shape index (κ3) is 3.40. The van der Waals surface area contributed by atoms with Crippen LogP contribution in [-0.4, -0.2) is 23.2 Å². The lowest BCUT2D eigenvalue weighted by atomic mass is 10.00. The minimum Gasteiger partial charge on any atom is -0.493 e. The summed E-state index contributed by atoms with van der Waals surface area (Å²) in [5, 5.41) is 14.6. The summed E-state index contributed by atoms with van der Waals surface area (Å²) in [5.41, 5.74) is 1.82. The summed E-state index contributed by atoms with van der Waals surface area (Å²) in [7, 11) is 0. The Bertz CT molecular complexity index is 885. The third-order valence-corrected chi connectivity index (χ3v) is 3.57. The molecule has 0 aromatic heterocycles. The first kappa shape index (κ1) is 16.4. The quantitative estimate of drug-likeness (QED) is 0.361. The molecule has 0 spiro atoms. The van der Waals surface area contributed by atoms with Crippen molar-refractivity contribution in [2.75, 3.05) is 6.61 Å². The highest BCUT2D eigenvalue weighted by Crippen LogP contribution is 2.26. The Morgan fingerprint density at radius 3 is 2.60 bits per heavy atom. The van der Waals surface area contributed by atoms with Gasteiger partial charge in [0, 0.05) is 23.3 Å². The Morgan fingerprint density at radius 1 is 1.20 bits per heavy atom. The summed E-state index contributed by atoms with van der Waals surface area (Å²) in [6.45, 7) is 2.37. The van der Waals surface area contributed by atoms with E-state index in [0.717, 1.165) is 0 Å². The van der Waals surface area contributed by atoms with Crippen LogP contribution in [0.25, 0.3) is 6.08 Å². The van der Waals surface area contributed by atoms with Gasteiger partial charge in [0.25, 0.3) is 5.69 Å². The molecule has 0 saturated heterocycles. The van der Waals surface area contributed by atoms with Crippen molar-refractivity contribution in [3.63, 3.8) is 0 Å². The number of rotatable bonds is 5. The summed E-state index contributed by atoms with van der Waals surface area (Å²) in [6, 6.07) is 13.1. The van der Waals surface area contributed by atoms with E-state index in [1.54, 1.807) is 12.1 Å². The number of carbonyl (C=O) groups excluding carboxylic acids is 1. The van der Waals surface area contributed by atoms with Gasteiger partial charge in [0.15, 0.2) is 0 Å². The molecule has 0 fully saturated rings. The molecule has 2 aromatic carbocycles. The fraction of sp³-hybridized carbons (Fsp3) is 0.111. The third-order valence-electron chi connectivity index (χ3n) is 3.57. The topological polar surface area (TPSA) is 91.0 Å².